The Balaban J connectivity index is 2.61. The highest BCUT2D eigenvalue weighted by atomic mass is 16.5. The fraction of sp³-hybridized carbons (Fsp3) is 1.00. The van der Waals surface area contributed by atoms with Crippen molar-refractivity contribution in [3.63, 3.8) is 0 Å². The van der Waals surface area contributed by atoms with E-state index in [9.17, 15) is 5.11 Å². The SMILES string of the molecule is CCCC1CCC(O)C(CN(CCOC)C(CC)CC)C1. The van der Waals surface area contributed by atoms with Gasteiger partial charge in [0.25, 0.3) is 0 Å². The molecule has 0 saturated heterocycles. The second-order valence-corrected chi connectivity index (χ2v) is 6.75. The molecule has 1 fully saturated rings. The van der Waals surface area contributed by atoms with Crippen LogP contribution in [0.3, 0.4) is 0 Å². The molecule has 3 atom stereocenters. The van der Waals surface area contributed by atoms with E-state index in [1.807, 2.05) is 0 Å². The normalized spacial score (nSPS) is 26.7. The largest absolute Gasteiger partial charge is 0.393 e. The summed E-state index contributed by atoms with van der Waals surface area (Å²) in [6.45, 7) is 9.63. The summed E-state index contributed by atoms with van der Waals surface area (Å²) in [5, 5.41) is 10.4. The fourth-order valence-electron chi connectivity index (χ4n) is 3.95. The summed E-state index contributed by atoms with van der Waals surface area (Å²) in [7, 11) is 1.78. The summed E-state index contributed by atoms with van der Waals surface area (Å²) in [5.74, 6) is 1.28. The first-order chi connectivity index (χ1) is 10.2. The van der Waals surface area contributed by atoms with Crippen LogP contribution < -0.4 is 0 Å². The zero-order chi connectivity index (χ0) is 15.7. The third kappa shape index (κ3) is 6.25. The highest BCUT2D eigenvalue weighted by Crippen LogP contribution is 2.33. The maximum Gasteiger partial charge on any atom is 0.0589 e. The van der Waals surface area contributed by atoms with Gasteiger partial charge in [-0.3, -0.25) is 4.90 Å². The van der Waals surface area contributed by atoms with Gasteiger partial charge in [0.05, 0.1) is 12.7 Å². The molecule has 0 heterocycles. The van der Waals surface area contributed by atoms with Crippen LogP contribution in [0, 0.1) is 11.8 Å². The summed E-state index contributed by atoms with van der Waals surface area (Å²) in [6, 6.07) is 0.624. The number of hydrogen-bond acceptors (Lipinski definition) is 3. The van der Waals surface area contributed by atoms with E-state index in [4.69, 9.17) is 4.74 Å². The topological polar surface area (TPSA) is 32.7 Å². The number of nitrogens with zero attached hydrogens (tertiary/aromatic N) is 1. The van der Waals surface area contributed by atoms with Crippen molar-refractivity contribution in [2.75, 3.05) is 26.8 Å². The van der Waals surface area contributed by atoms with Gasteiger partial charge in [0.1, 0.15) is 0 Å². The first-order valence-corrected chi connectivity index (χ1v) is 9.07. The highest BCUT2D eigenvalue weighted by Gasteiger charge is 2.31. The molecule has 0 spiro atoms. The minimum atomic E-state index is -0.0995. The first kappa shape index (κ1) is 18.9. The Morgan fingerprint density at radius 2 is 1.90 bits per heavy atom. The molecule has 1 N–H and O–H groups in total. The van der Waals surface area contributed by atoms with Crippen molar-refractivity contribution < 1.29 is 9.84 Å². The fourth-order valence-corrected chi connectivity index (χ4v) is 3.95. The summed E-state index contributed by atoms with van der Waals surface area (Å²) < 4.78 is 5.28. The summed E-state index contributed by atoms with van der Waals surface area (Å²) in [5.41, 5.74) is 0. The monoisotopic (exact) mass is 299 g/mol. The Morgan fingerprint density at radius 1 is 1.19 bits per heavy atom. The summed E-state index contributed by atoms with van der Waals surface area (Å²) in [6.07, 6.45) is 8.28. The van der Waals surface area contributed by atoms with Gasteiger partial charge < -0.3 is 9.84 Å². The molecule has 0 bridgehead atoms. The number of rotatable bonds is 10. The quantitative estimate of drug-likeness (QED) is 0.667. The lowest BCUT2D eigenvalue weighted by atomic mass is 9.77. The van der Waals surface area contributed by atoms with E-state index in [0.717, 1.165) is 32.0 Å². The smallest absolute Gasteiger partial charge is 0.0589 e. The van der Waals surface area contributed by atoms with Crippen molar-refractivity contribution in [1.82, 2.24) is 4.90 Å². The highest BCUT2D eigenvalue weighted by molar-refractivity contribution is 4.83. The van der Waals surface area contributed by atoms with Gasteiger partial charge in [0.15, 0.2) is 0 Å². The van der Waals surface area contributed by atoms with Crippen LogP contribution in [0.4, 0.5) is 0 Å². The van der Waals surface area contributed by atoms with Gasteiger partial charge in [-0.25, -0.2) is 0 Å². The van der Waals surface area contributed by atoms with E-state index in [2.05, 4.69) is 25.7 Å². The molecule has 0 aromatic heterocycles. The van der Waals surface area contributed by atoms with Crippen molar-refractivity contribution in [1.29, 1.82) is 0 Å². The van der Waals surface area contributed by atoms with E-state index < -0.39 is 0 Å². The van der Waals surface area contributed by atoms with Crippen LogP contribution in [0.5, 0.6) is 0 Å². The minimum absolute atomic E-state index is 0.0995. The predicted octanol–water partition coefficient (Wildman–Crippen LogP) is 3.70. The molecule has 3 nitrogen and oxygen atoms in total. The van der Waals surface area contributed by atoms with Crippen LogP contribution in [-0.4, -0.2) is 49.0 Å². The van der Waals surface area contributed by atoms with Crippen molar-refractivity contribution in [2.24, 2.45) is 11.8 Å². The lowest BCUT2D eigenvalue weighted by Gasteiger charge is -2.39. The number of ether oxygens (including phenoxy) is 1. The van der Waals surface area contributed by atoms with Gasteiger partial charge in [-0.05, 0) is 43.9 Å². The average molecular weight is 299 g/mol. The third-order valence-electron chi connectivity index (χ3n) is 5.26. The van der Waals surface area contributed by atoms with Gasteiger partial charge in [0.2, 0.25) is 0 Å². The zero-order valence-electron chi connectivity index (χ0n) is 14.7. The van der Waals surface area contributed by atoms with E-state index in [-0.39, 0.29) is 6.10 Å². The lowest BCUT2D eigenvalue weighted by Crippen LogP contribution is -2.44. The van der Waals surface area contributed by atoms with Crippen LogP contribution in [0.2, 0.25) is 0 Å². The Labute approximate surface area is 132 Å². The van der Waals surface area contributed by atoms with E-state index in [1.54, 1.807) is 7.11 Å². The zero-order valence-corrected chi connectivity index (χ0v) is 14.7. The van der Waals surface area contributed by atoms with Crippen LogP contribution in [0.15, 0.2) is 0 Å². The maximum absolute atomic E-state index is 10.4. The molecular weight excluding hydrogens is 262 g/mol. The molecule has 21 heavy (non-hydrogen) atoms. The Morgan fingerprint density at radius 3 is 2.48 bits per heavy atom. The van der Waals surface area contributed by atoms with Crippen molar-refractivity contribution in [3.8, 4) is 0 Å². The van der Waals surface area contributed by atoms with Crippen molar-refractivity contribution >= 4 is 0 Å². The molecular formula is C18H37NO2. The minimum Gasteiger partial charge on any atom is -0.393 e. The third-order valence-corrected chi connectivity index (χ3v) is 5.26. The molecule has 0 aromatic carbocycles. The first-order valence-electron chi connectivity index (χ1n) is 9.07. The Bertz CT molecular complexity index is 256. The Kier molecular flexibility index (Phi) is 9.54. The van der Waals surface area contributed by atoms with E-state index in [1.165, 1.54) is 38.5 Å². The summed E-state index contributed by atoms with van der Waals surface area (Å²) >= 11 is 0. The van der Waals surface area contributed by atoms with Gasteiger partial charge >= 0.3 is 0 Å². The second-order valence-electron chi connectivity index (χ2n) is 6.75. The van der Waals surface area contributed by atoms with Gasteiger partial charge in [0, 0.05) is 26.2 Å². The number of aliphatic hydroxyl groups is 1. The van der Waals surface area contributed by atoms with Gasteiger partial charge in [-0.1, -0.05) is 33.6 Å². The number of methoxy groups -OCH3 is 1. The van der Waals surface area contributed by atoms with Crippen LogP contribution in [-0.2, 0) is 4.74 Å². The van der Waals surface area contributed by atoms with Crippen LogP contribution in [0.25, 0.3) is 0 Å². The molecule has 3 heteroatoms. The molecule has 0 radical (unpaired) electrons. The number of hydrogen-bond donors (Lipinski definition) is 1. The molecule has 0 aromatic rings. The van der Waals surface area contributed by atoms with Crippen molar-refractivity contribution in [3.05, 3.63) is 0 Å². The second kappa shape index (κ2) is 10.6. The summed E-state index contributed by atoms with van der Waals surface area (Å²) in [4.78, 5) is 2.56. The molecule has 1 aliphatic rings. The lowest BCUT2D eigenvalue weighted by molar-refractivity contribution is 0.0100. The van der Waals surface area contributed by atoms with Gasteiger partial charge in [-0.2, -0.15) is 0 Å². The van der Waals surface area contributed by atoms with Gasteiger partial charge in [-0.15, -0.1) is 0 Å². The van der Waals surface area contributed by atoms with E-state index in [0.29, 0.717) is 12.0 Å². The standard InChI is InChI=1S/C18H37NO2/c1-5-8-15-9-10-18(20)16(13-15)14-19(11-12-21-4)17(6-2)7-3/h15-18,20H,5-14H2,1-4H3. The molecule has 3 unspecified atom stereocenters. The molecule has 1 rings (SSSR count). The van der Waals surface area contributed by atoms with Crippen molar-refractivity contribution in [2.45, 2.75) is 77.9 Å². The number of aliphatic hydroxyl groups excluding tert-OH is 1. The predicted molar refractivity (Wildman–Crippen MR) is 89.6 cm³/mol. The van der Waals surface area contributed by atoms with Crippen LogP contribution in [0.1, 0.15) is 65.7 Å². The molecule has 0 aliphatic heterocycles. The maximum atomic E-state index is 10.4. The molecule has 0 amide bonds. The molecule has 1 aliphatic carbocycles. The molecule has 1 saturated carbocycles. The molecule has 126 valence electrons. The van der Waals surface area contributed by atoms with E-state index >= 15 is 0 Å². The average Bonchev–Trinajstić information content (AvgIpc) is 2.49. The van der Waals surface area contributed by atoms with Crippen LogP contribution >= 0.6 is 0 Å². The Hall–Kier alpha value is -0.120.